The van der Waals surface area contributed by atoms with Gasteiger partial charge in [0.1, 0.15) is 0 Å². The Morgan fingerprint density at radius 2 is 1.00 bits per heavy atom. The summed E-state index contributed by atoms with van der Waals surface area (Å²) >= 11 is -4.20. The van der Waals surface area contributed by atoms with E-state index >= 15 is 0 Å². The van der Waals surface area contributed by atoms with Gasteiger partial charge in [-0.2, -0.15) is 0 Å². The Balaban J connectivity index is 3.77. The van der Waals surface area contributed by atoms with Crippen LogP contribution in [0.5, 0.6) is 0 Å². The van der Waals surface area contributed by atoms with Crippen LogP contribution in [0.1, 0.15) is 47.5 Å². The second kappa shape index (κ2) is 6.37. The van der Waals surface area contributed by atoms with Crippen molar-refractivity contribution in [2.24, 2.45) is 0 Å². The van der Waals surface area contributed by atoms with Gasteiger partial charge in [0.2, 0.25) is 0 Å². The van der Waals surface area contributed by atoms with Crippen LogP contribution in [0.2, 0.25) is 42.6 Å². The zero-order valence-corrected chi connectivity index (χ0v) is 22.4. The van der Waals surface area contributed by atoms with E-state index < -0.39 is 36.8 Å². The molecular weight excluding hydrogens is 464 g/mol. The maximum atomic E-state index is 2.70. The molecule has 0 aromatic rings. The van der Waals surface area contributed by atoms with Crippen LogP contribution < -0.4 is 0 Å². The minimum absolute atomic E-state index is 0.605. The fourth-order valence-corrected chi connectivity index (χ4v) is 29.8. The minimum atomic E-state index is -2.10. The first-order valence-corrected chi connectivity index (χ1v) is 29.0. The Bertz CT molecular complexity index is 389. The van der Waals surface area contributed by atoms with Crippen LogP contribution in [0.3, 0.4) is 0 Å². The molecule has 0 amide bonds. The molecule has 2 atom stereocenters. The average molecular weight is 504 g/mol. The summed E-state index contributed by atoms with van der Waals surface area (Å²) in [6.45, 7) is 13.5. The Morgan fingerprint density at radius 1 is 0.714 bits per heavy atom. The summed E-state index contributed by atoms with van der Waals surface area (Å²) in [6, 6.07) is 0. The monoisotopic (exact) mass is 506 g/mol. The summed E-state index contributed by atoms with van der Waals surface area (Å²) in [7, 11) is 0. The Hall–Kier alpha value is 1.40. The van der Waals surface area contributed by atoms with Crippen LogP contribution in [0.25, 0.3) is 0 Å². The van der Waals surface area contributed by atoms with Crippen LogP contribution in [-0.4, -0.2) is 43.5 Å². The van der Waals surface area contributed by atoms with Gasteiger partial charge in [0.05, 0.1) is 0 Å². The van der Waals surface area contributed by atoms with Crippen molar-refractivity contribution in [2.75, 3.05) is 0 Å². The Morgan fingerprint density at radius 3 is 1.14 bits per heavy atom. The molecule has 122 valence electrons. The van der Waals surface area contributed by atoms with E-state index in [4.69, 9.17) is 0 Å². The molecular formula is C18H39BSn2. The molecule has 1 aliphatic rings. The fourth-order valence-electron chi connectivity index (χ4n) is 6.56. The van der Waals surface area contributed by atoms with Gasteiger partial charge in [-0.25, -0.2) is 0 Å². The quantitative estimate of drug-likeness (QED) is 0.283. The van der Waals surface area contributed by atoms with Crippen molar-refractivity contribution in [2.45, 2.75) is 90.1 Å². The molecule has 0 N–H and O–H groups in total. The molecule has 1 aliphatic heterocycles. The molecule has 2 unspecified atom stereocenters. The summed E-state index contributed by atoms with van der Waals surface area (Å²) in [6.07, 6.45) is 4.16. The number of rotatable bonds is 5. The standard InChI is InChI=1S/C12H21B.6CH3.2Sn/c1-6-11-9(4)10(5)12(7-2)13(11)8-3;;;;;;;;/h6-8H2,1-5H3;6*1H3;;. The predicted molar refractivity (Wildman–Crippen MR) is 107 cm³/mol. The number of hydrogen-bond acceptors (Lipinski definition) is 0. The predicted octanol–water partition coefficient (Wildman–Crippen LogP) is 6.91. The maximum absolute atomic E-state index is 2.70. The van der Waals surface area contributed by atoms with Gasteiger partial charge in [-0.15, -0.1) is 0 Å². The van der Waals surface area contributed by atoms with Crippen LogP contribution in [0, 0.1) is 0 Å². The van der Waals surface area contributed by atoms with Crippen LogP contribution in [0.15, 0.2) is 11.1 Å². The molecule has 0 aliphatic carbocycles. The average Bonchev–Trinajstić information content (AvgIpc) is 2.54. The van der Waals surface area contributed by atoms with E-state index in [1.807, 2.05) is 11.1 Å². The third-order valence-electron chi connectivity index (χ3n) is 7.29. The first-order chi connectivity index (χ1) is 9.38. The summed E-state index contributed by atoms with van der Waals surface area (Å²) in [5.41, 5.74) is 3.68. The summed E-state index contributed by atoms with van der Waals surface area (Å²) in [5.74, 6) is 0. The summed E-state index contributed by atoms with van der Waals surface area (Å²) in [5, 5.41) is 0. The molecule has 0 aromatic carbocycles. The van der Waals surface area contributed by atoms with Crippen LogP contribution in [0.4, 0.5) is 0 Å². The first-order valence-electron chi connectivity index (χ1n) is 9.06. The molecule has 0 aromatic heterocycles. The second-order valence-electron chi connectivity index (χ2n) is 9.36. The van der Waals surface area contributed by atoms with Gasteiger partial charge in [-0.1, -0.05) is 0 Å². The molecule has 21 heavy (non-hydrogen) atoms. The van der Waals surface area contributed by atoms with E-state index in [1.54, 1.807) is 0 Å². The Kier molecular flexibility index (Phi) is 6.20. The molecule has 0 spiro atoms. The fraction of sp³-hybridized carbons (Fsp3) is 0.889. The zero-order chi connectivity index (χ0) is 16.9. The molecule has 0 saturated heterocycles. The van der Waals surface area contributed by atoms with E-state index in [0.717, 1.165) is 6.71 Å². The third kappa shape index (κ3) is 2.62. The van der Waals surface area contributed by atoms with Gasteiger partial charge in [0.15, 0.2) is 0 Å². The van der Waals surface area contributed by atoms with Crippen molar-refractivity contribution in [3.63, 3.8) is 0 Å². The molecule has 0 radical (unpaired) electrons. The zero-order valence-electron chi connectivity index (χ0n) is 16.7. The molecule has 0 fully saturated rings. The SMILES string of the molecule is CCB1[C](CC)([Sn]([CH3])([CH3])[CH3])C(C)=C(C)[C]1(CC)[Sn]([CH3])([CH3])[CH3]. The molecule has 0 saturated carbocycles. The number of hydrogen-bond donors (Lipinski definition) is 0. The van der Waals surface area contributed by atoms with Crippen molar-refractivity contribution >= 4 is 43.5 Å². The van der Waals surface area contributed by atoms with E-state index in [-0.39, 0.29) is 0 Å². The van der Waals surface area contributed by atoms with E-state index in [9.17, 15) is 0 Å². The van der Waals surface area contributed by atoms with Gasteiger partial charge in [-0.3, -0.25) is 0 Å². The molecule has 1 rings (SSSR count). The van der Waals surface area contributed by atoms with Crippen molar-refractivity contribution in [1.29, 1.82) is 0 Å². The van der Waals surface area contributed by atoms with E-state index in [0.29, 0.717) is 6.66 Å². The van der Waals surface area contributed by atoms with Crippen molar-refractivity contribution in [1.82, 2.24) is 0 Å². The van der Waals surface area contributed by atoms with E-state index in [2.05, 4.69) is 64.3 Å². The van der Waals surface area contributed by atoms with Crippen molar-refractivity contribution in [3.05, 3.63) is 11.1 Å². The van der Waals surface area contributed by atoms with Gasteiger partial charge in [0, 0.05) is 0 Å². The molecule has 0 bridgehead atoms. The number of allylic oxidation sites excluding steroid dienone is 2. The summed E-state index contributed by atoms with van der Waals surface area (Å²) in [4.78, 5) is 16.2. The van der Waals surface area contributed by atoms with E-state index in [1.165, 1.54) is 19.2 Å². The third-order valence-corrected chi connectivity index (χ3v) is 28.7. The van der Waals surface area contributed by atoms with Crippen molar-refractivity contribution < 1.29 is 0 Å². The normalized spacial score (nSPS) is 31.3. The second-order valence-corrected chi connectivity index (χ2v) is 40.1. The summed E-state index contributed by atoms with van der Waals surface area (Å²) < 4.78 is 1.21. The van der Waals surface area contributed by atoms with Gasteiger partial charge in [-0.05, 0) is 0 Å². The van der Waals surface area contributed by atoms with Gasteiger partial charge in [0.25, 0.3) is 0 Å². The molecule has 1 heterocycles. The van der Waals surface area contributed by atoms with Crippen LogP contribution >= 0.6 is 0 Å². The molecule has 3 heteroatoms. The van der Waals surface area contributed by atoms with Gasteiger partial charge >= 0.3 is 145 Å². The Labute approximate surface area is 143 Å². The topological polar surface area (TPSA) is 0 Å². The van der Waals surface area contributed by atoms with Gasteiger partial charge < -0.3 is 0 Å². The first kappa shape index (κ1) is 20.4. The van der Waals surface area contributed by atoms with Crippen molar-refractivity contribution in [3.8, 4) is 0 Å². The van der Waals surface area contributed by atoms with Crippen LogP contribution in [-0.2, 0) is 0 Å². The molecule has 0 nitrogen and oxygen atoms in total.